The van der Waals surface area contributed by atoms with Crippen molar-refractivity contribution in [3.63, 3.8) is 0 Å². The summed E-state index contributed by atoms with van der Waals surface area (Å²) in [5.41, 5.74) is 2.33. The van der Waals surface area contributed by atoms with E-state index in [1.165, 1.54) is 5.57 Å². The summed E-state index contributed by atoms with van der Waals surface area (Å²) in [5, 5.41) is 3.01. The smallest absolute Gasteiger partial charge is 0.245 e. The molecule has 1 heterocycles. The standard InChI is InChI=1S/C21H28N2O2/c1-14(2)12-16-18(21(16,3)4)19(24)22-17-10-11-23(20(17)25)13-15-8-6-5-7-9-15/h5-9,12,16-18H,10-11,13H2,1-4H3,(H,22,24)/t16-,17-,18+/m1/s1. The maximum Gasteiger partial charge on any atom is 0.245 e. The molecule has 25 heavy (non-hydrogen) atoms. The van der Waals surface area contributed by atoms with Gasteiger partial charge in [0.1, 0.15) is 6.04 Å². The summed E-state index contributed by atoms with van der Waals surface area (Å²) in [5.74, 6) is 0.301. The molecule has 1 N–H and O–H groups in total. The van der Waals surface area contributed by atoms with Crippen molar-refractivity contribution in [3.8, 4) is 0 Å². The normalized spacial score (nSPS) is 27.1. The third kappa shape index (κ3) is 3.63. The highest BCUT2D eigenvalue weighted by molar-refractivity contribution is 5.91. The van der Waals surface area contributed by atoms with Crippen LogP contribution in [0, 0.1) is 17.3 Å². The largest absolute Gasteiger partial charge is 0.344 e. The maximum absolute atomic E-state index is 12.7. The quantitative estimate of drug-likeness (QED) is 0.837. The highest BCUT2D eigenvalue weighted by atomic mass is 16.2. The van der Waals surface area contributed by atoms with E-state index < -0.39 is 0 Å². The lowest BCUT2D eigenvalue weighted by Crippen LogP contribution is -2.42. The fourth-order valence-electron chi connectivity index (χ4n) is 3.94. The number of allylic oxidation sites excluding steroid dienone is 2. The molecule has 1 saturated heterocycles. The number of benzene rings is 1. The van der Waals surface area contributed by atoms with Gasteiger partial charge in [0.25, 0.3) is 0 Å². The lowest BCUT2D eigenvalue weighted by atomic mass is 10.1. The van der Waals surface area contributed by atoms with Crippen molar-refractivity contribution in [1.29, 1.82) is 0 Å². The number of rotatable bonds is 5. The fourth-order valence-corrected chi connectivity index (χ4v) is 3.94. The minimum atomic E-state index is -0.375. The van der Waals surface area contributed by atoms with E-state index in [4.69, 9.17) is 0 Å². The van der Waals surface area contributed by atoms with Crippen LogP contribution in [0.2, 0.25) is 0 Å². The molecule has 2 aliphatic rings. The number of amides is 2. The average molecular weight is 340 g/mol. The van der Waals surface area contributed by atoms with Gasteiger partial charge in [0.05, 0.1) is 5.92 Å². The van der Waals surface area contributed by atoms with E-state index in [0.29, 0.717) is 19.5 Å². The van der Waals surface area contributed by atoms with E-state index in [-0.39, 0.29) is 35.1 Å². The summed E-state index contributed by atoms with van der Waals surface area (Å²) < 4.78 is 0. The van der Waals surface area contributed by atoms with Gasteiger partial charge in [0.2, 0.25) is 11.8 Å². The van der Waals surface area contributed by atoms with Gasteiger partial charge < -0.3 is 10.2 Å². The van der Waals surface area contributed by atoms with Crippen molar-refractivity contribution in [2.75, 3.05) is 6.54 Å². The molecule has 134 valence electrons. The Bertz CT molecular complexity index is 689. The molecule has 1 aromatic rings. The summed E-state index contributed by atoms with van der Waals surface area (Å²) in [4.78, 5) is 27.1. The fraction of sp³-hybridized carbons (Fsp3) is 0.524. The van der Waals surface area contributed by atoms with E-state index in [1.807, 2.05) is 35.2 Å². The SMILES string of the molecule is CC(C)=C[C@@H]1[C@@H](C(=O)N[C@@H]2CCN(Cc3ccccc3)C2=O)C1(C)C. The molecular formula is C21H28N2O2. The van der Waals surface area contributed by atoms with Gasteiger partial charge in [-0.05, 0) is 37.2 Å². The second-order valence-corrected chi connectivity index (χ2v) is 8.16. The Hall–Kier alpha value is -2.10. The molecule has 0 bridgehead atoms. The summed E-state index contributed by atoms with van der Waals surface area (Å²) in [7, 11) is 0. The summed E-state index contributed by atoms with van der Waals surface area (Å²) >= 11 is 0. The third-order valence-electron chi connectivity index (χ3n) is 5.54. The molecule has 2 fully saturated rings. The van der Waals surface area contributed by atoms with Crippen molar-refractivity contribution in [2.24, 2.45) is 17.3 Å². The number of nitrogens with one attached hydrogen (secondary N) is 1. The molecule has 4 nitrogen and oxygen atoms in total. The Kier molecular flexibility index (Phi) is 4.72. The monoisotopic (exact) mass is 340 g/mol. The van der Waals surface area contributed by atoms with E-state index in [9.17, 15) is 9.59 Å². The Balaban J connectivity index is 1.58. The molecule has 0 aromatic heterocycles. The van der Waals surface area contributed by atoms with Crippen LogP contribution < -0.4 is 5.32 Å². The van der Waals surface area contributed by atoms with Crippen LogP contribution in [0.15, 0.2) is 42.0 Å². The molecule has 0 unspecified atom stereocenters. The van der Waals surface area contributed by atoms with Crippen molar-refractivity contribution < 1.29 is 9.59 Å². The molecule has 0 spiro atoms. The van der Waals surface area contributed by atoms with Crippen LogP contribution in [-0.2, 0) is 16.1 Å². The maximum atomic E-state index is 12.7. The van der Waals surface area contributed by atoms with E-state index in [1.54, 1.807) is 0 Å². The van der Waals surface area contributed by atoms with Gasteiger partial charge in [-0.2, -0.15) is 0 Å². The van der Waals surface area contributed by atoms with Gasteiger partial charge in [-0.25, -0.2) is 0 Å². The Morgan fingerprint density at radius 1 is 1.28 bits per heavy atom. The first kappa shape index (κ1) is 17.7. The van der Waals surface area contributed by atoms with Crippen LogP contribution in [0.1, 0.15) is 39.7 Å². The van der Waals surface area contributed by atoms with Crippen molar-refractivity contribution in [1.82, 2.24) is 10.2 Å². The number of nitrogens with zero attached hydrogens (tertiary/aromatic N) is 1. The number of hydrogen-bond donors (Lipinski definition) is 1. The molecule has 4 heteroatoms. The number of carbonyl (C=O) groups excluding carboxylic acids is 2. The zero-order valence-corrected chi connectivity index (χ0v) is 15.6. The van der Waals surface area contributed by atoms with Crippen LogP contribution >= 0.6 is 0 Å². The molecule has 3 atom stereocenters. The van der Waals surface area contributed by atoms with Crippen molar-refractivity contribution in [3.05, 3.63) is 47.5 Å². The van der Waals surface area contributed by atoms with Crippen LogP contribution in [-0.4, -0.2) is 29.3 Å². The summed E-state index contributed by atoms with van der Waals surface area (Å²) in [6.07, 6.45) is 2.88. The minimum Gasteiger partial charge on any atom is -0.344 e. The van der Waals surface area contributed by atoms with E-state index >= 15 is 0 Å². The topological polar surface area (TPSA) is 49.4 Å². The number of hydrogen-bond acceptors (Lipinski definition) is 2. The van der Waals surface area contributed by atoms with Crippen LogP contribution in [0.3, 0.4) is 0 Å². The van der Waals surface area contributed by atoms with Crippen LogP contribution in [0.25, 0.3) is 0 Å². The first-order valence-corrected chi connectivity index (χ1v) is 9.09. The molecule has 0 radical (unpaired) electrons. The van der Waals surface area contributed by atoms with Gasteiger partial charge >= 0.3 is 0 Å². The van der Waals surface area contributed by atoms with Gasteiger partial charge in [-0.1, -0.05) is 55.8 Å². The summed E-state index contributed by atoms with van der Waals surface area (Å²) in [6, 6.07) is 9.60. The van der Waals surface area contributed by atoms with Gasteiger partial charge in [-0.3, -0.25) is 9.59 Å². The molecule has 3 rings (SSSR count). The molecular weight excluding hydrogens is 312 g/mol. The molecule has 1 aromatic carbocycles. The van der Waals surface area contributed by atoms with Crippen LogP contribution in [0.4, 0.5) is 0 Å². The average Bonchev–Trinajstić information content (AvgIpc) is 2.92. The minimum absolute atomic E-state index is 0.0208. The highest BCUT2D eigenvalue weighted by Gasteiger charge is 2.60. The molecule has 1 saturated carbocycles. The predicted octanol–water partition coefficient (Wildman–Crippen LogP) is 3.14. The van der Waals surface area contributed by atoms with E-state index in [2.05, 4.69) is 39.1 Å². The molecule has 1 aliphatic carbocycles. The number of likely N-dealkylation sites (tertiary alicyclic amines) is 1. The predicted molar refractivity (Wildman–Crippen MR) is 98.6 cm³/mol. The second-order valence-electron chi connectivity index (χ2n) is 8.16. The lowest BCUT2D eigenvalue weighted by molar-refractivity contribution is -0.133. The number of carbonyl (C=O) groups is 2. The van der Waals surface area contributed by atoms with Gasteiger partial charge in [-0.15, -0.1) is 0 Å². The Morgan fingerprint density at radius 2 is 1.96 bits per heavy atom. The van der Waals surface area contributed by atoms with Gasteiger partial charge in [0, 0.05) is 13.1 Å². The first-order valence-electron chi connectivity index (χ1n) is 9.09. The summed E-state index contributed by atoms with van der Waals surface area (Å²) in [6.45, 7) is 9.68. The molecule has 2 amide bonds. The highest BCUT2D eigenvalue weighted by Crippen LogP contribution is 2.59. The van der Waals surface area contributed by atoms with E-state index in [0.717, 1.165) is 5.56 Å². The lowest BCUT2D eigenvalue weighted by Gasteiger charge is -2.17. The van der Waals surface area contributed by atoms with Gasteiger partial charge in [0.15, 0.2) is 0 Å². The first-order chi connectivity index (χ1) is 11.8. The Morgan fingerprint density at radius 3 is 2.60 bits per heavy atom. The molecule has 1 aliphatic heterocycles. The Labute approximate surface area is 150 Å². The zero-order chi connectivity index (χ0) is 18.2. The zero-order valence-electron chi connectivity index (χ0n) is 15.6. The van der Waals surface area contributed by atoms with Crippen molar-refractivity contribution >= 4 is 11.8 Å². The third-order valence-corrected chi connectivity index (χ3v) is 5.54. The second kappa shape index (κ2) is 6.66. The van der Waals surface area contributed by atoms with Crippen molar-refractivity contribution in [2.45, 2.75) is 46.7 Å². The van der Waals surface area contributed by atoms with Crippen LogP contribution in [0.5, 0.6) is 0 Å².